The molecule has 2 rings (SSSR count). The fraction of sp³-hybridized carbons (Fsp3) is 0.643. The number of carboxylic acid groups (broad SMARTS) is 1. The van der Waals surface area contributed by atoms with Crippen LogP contribution in [0.2, 0.25) is 0 Å². The van der Waals surface area contributed by atoms with Gasteiger partial charge in [0.1, 0.15) is 0 Å². The average molecular weight is 367 g/mol. The molecule has 0 aliphatic heterocycles. The monoisotopic (exact) mass is 366 g/mol. The summed E-state index contributed by atoms with van der Waals surface area (Å²) in [6.45, 7) is 1.79. The molecule has 20 heavy (non-hydrogen) atoms. The molecule has 112 valence electrons. The van der Waals surface area contributed by atoms with Crippen LogP contribution in [0, 0.1) is 12.3 Å². The van der Waals surface area contributed by atoms with Crippen molar-refractivity contribution in [3.8, 4) is 0 Å². The number of alkyl halides is 2. The van der Waals surface area contributed by atoms with Crippen molar-refractivity contribution in [2.24, 2.45) is 5.41 Å². The molecule has 1 heterocycles. The van der Waals surface area contributed by atoms with Gasteiger partial charge in [-0.2, -0.15) is 0 Å². The Morgan fingerprint density at radius 3 is 2.55 bits per heavy atom. The number of carboxylic acids is 1. The van der Waals surface area contributed by atoms with Gasteiger partial charge in [0.2, 0.25) is 0 Å². The summed E-state index contributed by atoms with van der Waals surface area (Å²) in [6.07, 6.45) is 2.33. The van der Waals surface area contributed by atoms with E-state index in [0.29, 0.717) is 17.3 Å². The Balaban J connectivity index is 2.22. The Morgan fingerprint density at radius 1 is 1.50 bits per heavy atom. The van der Waals surface area contributed by atoms with Gasteiger partial charge in [0.05, 0.1) is 11.3 Å². The highest BCUT2D eigenvalue weighted by atomic mass is 79.9. The lowest BCUT2D eigenvalue weighted by molar-refractivity contribution is -0.141. The summed E-state index contributed by atoms with van der Waals surface area (Å²) in [5, 5.41) is 9.00. The molecule has 1 fully saturated rings. The fourth-order valence-electron chi connectivity index (χ4n) is 3.06. The Morgan fingerprint density at radius 2 is 2.10 bits per heavy atom. The van der Waals surface area contributed by atoms with Crippen LogP contribution in [0.3, 0.4) is 0 Å². The van der Waals surface area contributed by atoms with Crippen LogP contribution in [0.4, 0.5) is 8.78 Å². The van der Waals surface area contributed by atoms with E-state index in [0.717, 1.165) is 29.1 Å². The molecule has 0 bridgehead atoms. The number of thiophene rings is 1. The molecule has 2 nitrogen and oxygen atoms in total. The third-order valence-corrected chi connectivity index (χ3v) is 6.25. The summed E-state index contributed by atoms with van der Waals surface area (Å²) in [4.78, 5) is 11.8. The lowest BCUT2D eigenvalue weighted by atomic mass is 9.77. The van der Waals surface area contributed by atoms with E-state index in [-0.39, 0.29) is 17.7 Å². The molecule has 6 heteroatoms. The zero-order valence-corrected chi connectivity index (χ0v) is 13.6. The first-order chi connectivity index (χ1) is 9.24. The van der Waals surface area contributed by atoms with E-state index in [1.165, 1.54) is 6.07 Å². The predicted octanol–water partition coefficient (Wildman–Crippen LogP) is 5.34. The summed E-state index contributed by atoms with van der Waals surface area (Å²) < 4.78 is 29.7. The molecule has 0 amide bonds. The summed E-state index contributed by atoms with van der Waals surface area (Å²) in [5.41, 5.74) is -0.750. The van der Waals surface area contributed by atoms with E-state index in [2.05, 4.69) is 15.9 Å². The van der Waals surface area contributed by atoms with E-state index < -0.39 is 17.3 Å². The van der Waals surface area contributed by atoms with Crippen LogP contribution in [-0.2, 0) is 10.7 Å². The molecule has 1 N–H and O–H groups in total. The van der Waals surface area contributed by atoms with Gasteiger partial charge in [-0.05, 0) is 47.2 Å². The summed E-state index contributed by atoms with van der Waals surface area (Å²) >= 11 is 4.34. The van der Waals surface area contributed by atoms with E-state index in [1.54, 1.807) is 6.92 Å². The first-order valence-corrected chi connectivity index (χ1v) is 8.21. The lowest BCUT2D eigenvalue weighted by Crippen LogP contribution is -2.29. The molecule has 1 aliphatic rings. The molecule has 0 spiro atoms. The number of hydrogen-bond donors (Lipinski definition) is 1. The largest absolute Gasteiger partial charge is 0.481 e. The molecule has 1 aliphatic carbocycles. The van der Waals surface area contributed by atoms with Crippen LogP contribution >= 0.6 is 27.3 Å². The van der Waals surface area contributed by atoms with Crippen molar-refractivity contribution in [3.05, 3.63) is 20.3 Å². The van der Waals surface area contributed by atoms with Gasteiger partial charge in [0.15, 0.2) is 0 Å². The normalized spacial score (nSPS) is 18.4. The van der Waals surface area contributed by atoms with Gasteiger partial charge >= 0.3 is 5.97 Å². The highest BCUT2D eigenvalue weighted by molar-refractivity contribution is 9.10. The lowest BCUT2D eigenvalue weighted by Gasteiger charge is -2.31. The van der Waals surface area contributed by atoms with Gasteiger partial charge in [0, 0.05) is 15.8 Å². The SMILES string of the molecule is Cc1sc(C(F)(F)CC2(CC(=O)O)CCCC2)cc1Br. The maximum atomic E-state index is 14.5. The van der Waals surface area contributed by atoms with Crippen LogP contribution < -0.4 is 0 Å². The molecule has 0 radical (unpaired) electrons. The molecule has 1 aromatic heterocycles. The van der Waals surface area contributed by atoms with Gasteiger partial charge in [-0.25, -0.2) is 8.78 Å². The zero-order chi connectivity index (χ0) is 15.0. The van der Waals surface area contributed by atoms with Crippen molar-refractivity contribution < 1.29 is 18.7 Å². The van der Waals surface area contributed by atoms with Crippen molar-refractivity contribution in [3.63, 3.8) is 0 Å². The number of aliphatic carboxylic acids is 1. The van der Waals surface area contributed by atoms with E-state index >= 15 is 0 Å². The molecular formula is C14H17BrF2O2S. The van der Waals surface area contributed by atoms with Gasteiger partial charge in [0.25, 0.3) is 5.92 Å². The minimum atomic E-state index is -2.96. The summed E-state index contributed by atoms with van der Waals surface area (Å²) in [5.74, 6) is -3.94. The van der Waals surface area contributed by atoms with Crippen LogP contribution in [0.15, 0.2) is 10.5 Å². The number of hydrogen-bond acceptors (Lipinski definition) is 2. The van der Waals surface area contributed by atoms with Crippen molar-refractivity contribution >= 4 is 33.2 Å². The quantitative estimate of drug-likeness (QED) is 0.763. The second-order valence-electron chi connectivity index (χ2n) is 5.67. The van der Waals surface area contributed by atoms with Crippen LogP contribution in [0.25, 0.3) is 0 Å². The standard InChI is InChI=1S/C14H17BrF2O2S/c1-9-10(15)6-11(20-9)14(16,17)8-13(7-12(18)19)4-2-3-5-13/h6H,2-5,7-8H2,1H3,(H,18,19). The first kappa shape index (κ1) is 15.9. The number of aryl methyl sites for hydroxylation is 1. The average Bonchev–Trinajstić information content (AvgIpc) is 2.86. The second-order valence-corrected chi connectivity index (χ2v) is 7.78. The van der Waals surface area contributed by atoms with E-state index in [1.807, 2.05) is 0 Å². The van der Waals surface area contributed by atoms with E-state index in [9.17, 15) is 13.6 Å². The highest BCUT2D eigenvalue weighted by Gasteiger charge is 2.46. The number of rotatable bonds is 5. The Labute approximate surface area is 129 Å². The maximum Gasteiger partial charge on any atom is 0.303 e. The third-order valence-electron chi connectivity index (χ3n) is 4.01. The van der Waals surface area contributed by atoms with Crippen LogP contribution in [0.1, 0.15) is 48.3 Å². The first-order valence-electron chi connectivity index (χ1n) is 6.60. The summed E-state index contributed by atoms with van der Waals surface area (Å²) in [7, 11) is 0. The smallest absolute Gasteiger partial charge is 0.303 e. The second kappa shape index (κ2) is 5.72. The van der Waals surface area contributed by atoms with Crippen molar-refractivity contribution in [2.45, 2.75) is 51.4 Å². The Bertz CT molecular complexity index is 488. The minimum Gasteiger partial charge on any atom is -0.481 e. The predicted molar refractivity (Wildman–Crippen MR) is 78.4 cm³/mol. The number of carbonyl (C=O) groups is 1. The summed E-state index contributed by atoms with van der Waals surface area (Å²) in [6, 6.07) is 1.46. The third kappa shape index (κ3) is 3.39. The van der Waals surface area contributed by atoms with Crippen molar-refractivity contribution in [1.29, 1.82) is 0 Å². The topological polar surface area (TPSA) is 37.3 Å². The van der Waals surface area contributed by atoms with Crippen molar-refractivity contribution in [2.75, 3.05) is 0 Å². The molecule has 0 atom stereocenters. The molecule has 1 aromatic rings. The Hall–Kier alpha value is -0.490. The molecule has 0 unspecified atom stereocenters. The molecule has 0 saturated heterocycles. The minimum absolute atomic E-state index is 0.0264. The number of halogens is 3. The van der Waals surface area contributed by atoms with Gasteiger partial charge in [-0.1, -0.05) is 12.8 Å². The maximum absolute atomic E-state index is 14.5. The van der Waals surface area contributed by atoms with E-state index in [4.69, 9.17) is 5.11 Å². The Kier molecular flexibility index (Phi) is 4.54. The highest BCUT2D eigenvalue weighted by Crippen LogP contribution is 2.52. The van der Waals surface area contributed by atoms with Gasteiger partial charge in [-0.3, -0.25) is 4.79 Å². The zero-order valence-electron chi connectivity index (χ0n) is 11.2. The van der Waals surface area contributed by atoms with Gasteiger partial charge < -0.3 is 5.11 Å². The molecule has 0 aromatic carbocycles. The fourth-order valence-corrected chi connectivity index (χ4v) is 4.57. The molecular weight excluding hydrogens is 350 g/mol. The van der Waals surface area contributed by atoms with Crippen LogP contribution in [-0.4, -0.2) is 11.1 Å². The van der Waals surface area contributed by atoms with Crippen molar-refractivity contribution in [1.82, 2.24) is 0 Å². The van der Waals surface area contributed by atoms with Gasteiger partial charge in [-0.15, -0.1) is 11.3 Å². The van der Waals surface area contributed by atoms with Crippen LogP contribution in [0.5, 0.6) is 0 Å². The molecule has 1 saturated carbocycles.